The first-order valence-corrected chi connectivity index (χ1v) is 11.6. The predicted octanol–water partition coefficient (Wildman–Crippen LogP) is 3.73. The molecule has 2 aromatic carbocycles. The van der Waals surface area contributed by atoms with E-state index < -0.39 is 17.7 Å². The quantitative estimate of drug-likeness (QED) is 0.219. The van der Waals surface area contributed by atoms with Crippen LogP contribution in [-0.2, 0) is 9.59 Å². The molecule has 0 bridgehead atoms. The lowest BCUT2D eigenvalue weighted by Gasteiger charge is -2.28. The van der Waals surface area contributed by atoms with Crippen LogP contribution in [0.1, 0.15) is 31.0 Å². The van der Waals surface area contributed by atoms with Gasteiger partial charge in [0.25, 0.3) is 11.7 Å². The SMILES string of the molecule is C=CCOc1ccc(C(O)=C2C(=O)C(=O)N(CCN(CC)CC)[C@H]2c2ccc(O)c(OC)c2)cc1. The zero-order valence-corrected chi connectivity index (χ0v) is 20.4. The standard InChI is InChI=1S/C27H32N2O6/c1-5-16-35-20-11-8-18(9-12-20)25(31)23-24(19-10-13-21(30)22(17-19)34-4)29(27(33)26(23)32)15-14-28(6-2)7-3/h5,8-13,17,24,30-31H,1,6-7,14-16H2,2-4H3/t24-/m0/s1. The molecular formula is C27H32N2O6. The Labute approximate surface area is 205 Å². The van der Waals surface area contributed by atoms with Gasteiger partial charge in [-0.2, -0.15) is 0 Å². The number of aliphatic hydroxyl groups excluding tert-OH is 1. The number of methoxy groups -OCH3 is 1. The van der Waals surface area contributed by atoms with E-state index in [1.165, 1.54) is 18.1 Å². The second-order valence-electron chi connectivity index (χ2n) is 8.07. The number of carbonyl (C=O) groups excluding carboxylic acids is 2. The van der Waals surface area contributed by atoms with Crippen molar-refractivity contribution in [3.63, 3.8) is 0 Å². The second kappa shape index (κ2) is 11.6. The molecule has 1 atom stereocenters. The molecule has 8 heteroatoms. The van der Waals surface area contributed by atoms with Crippen molar-refractivity contribution in [2.75, 3.05) is 39.9 Å². The van der Waals surface area contributed by atoms with Crippen LogP contribution in [-0.4, -0.2) is 71.6 Å². The van der Waals surface area contributed by atoms with E-state index in [-0.39, 0.29) is 22.8 Å². The van der Waals surface area contributed by atoms with Crippen LogP contribution in [0.3, 0.4) is 0 Å². The summed E-state index contributed by atoms with van der Waals surface area (Å²) in [4.78, 5) is 29.9. The molecule has 0 radical (unpaired) electrons. The molecule has 2 aromatic rings. The summed E-state index contributed by atoms with van der Waals surface area (Å²) in [6.45, 7) is 10.5. The topological polar surface area (TPSA) is 99.5 Å². The fourth-order valence-electron chi connectivity index (χ4n) is 4.13. The molecule has 1 amide bonds. The van der Waals surface area contributed by atoms with Gasteiger partial charge in [0.2, 0.25) is 0 Å². The Kier molecular flexibility index (Phi) is 8.54. The fourth-order valence-corrected chi connectivity index (χ4v) is 4.13. The third-order valence-electron chi connectivity index (χ3n) is 6.11. The first-order valence-electron chi connectivity index (χ1n) is 11.6. The maximum Gasteiger partial charge on any atom is 0.295 e. The second-order valence-corrected chi connectivity index (χ2v) is 8.07. The minimum atomic E-state index is -0.836. The van der Waals surface area contributed by atoms with E-state index in [4.69, 9.17) is 9.47 Å². The van der Waals surface area contributed by atoms with Crippen molar-refractivity contribution in [1.82, 2.24) is 9.80 Å². The average Bonchev–Trinajstić information content (AvgIpc) is 3.13. The number of rotatable bonds is 11. The van der Waals surface area contributed by atoms with Gasteiger partial charge in [-0.1, -0.05) is 32.6 Å². The maximum absolute atomic E-state index is 13.2. The van der Waals surface area contributed by atoms with E-state index in [0.29, 0.717) is 36.6 Å². The van der Waals surface area contributed by atoms with Gasteiger partial charge in [-0.3, -0.25) is 9.59 Å². The maximum atomic E-state index is 13.2. The summed E-state index contributed by atoms with van der Waals surface area (Å²) in [7, 11) is 1.42. The van der Waals surface area contributed by atoms with Crippen LogP contribution in [0.25, 0.3) is 5.76 Å². The third-order valence-corrected chi connectivity index (χ3v) is 6.11. The summed E-state index contributed by atoms with van der Waals surface area (Å²) in [5.74, 6) is -0.985. The van der Waals surface area contributed by atoms with Gasteiger partial charge in [0, 0.05) is 18.7 Å². The number of benzene rings is 2. The molecule has 0 unspecified atom stereocenters. The Morgan fingerprint density at radius 1 is 1.14 bits per heavy atom. The number of aromatic hydroxyl groups is 1. The van der Waals surface area contributed by atoms with Gasteiger partial charge in [-0.25, -0.2) is 0 Å². The molecule has 1 aliphatic heterocycles. The van der Waals surface area contributed by atoms with Gasteiger partial charge in [0.15, 0.2) is 11.5 Å². The average molecular weight is 481 g/mol. The van der Waals surface area contributed by atoms with Gasteiger partial charge in [-0.15, -0.1) is 0 Å². The molecule has 0 aliphatic carbocycles. The van der Waals surface area contributed by atoms with Gasteiger partial charge < -0.3 is 29.5 Å². The van der Waals surface area contributed by atoms with Gasteiger partial charge in [0.05, 0.1) is 18.7 Å². The number of carbonyl (C=O) groups is 2. The molecule has 0 spiro atoms. The van der Waals surface area contributed by atoms with Crippen LogP contribution in [0, 0.1) is 0 Å². The number of hydrogen-bond acceptors (Lipinski definition) is 7. The summed E-state index contributed by atoms with van der Waals surface area (Å²) in [5.41, 5.74) is 0.918. The number of ketones is 1. The Bertz CT molecular complexity index is 1110. The minimum Gasteiger partial charge on any atom is -0.507 e. The van der Waals surface area contributed by atoms with Crippen LogP contribution in [0.2, 0.25) is 0 Å². The van der Waals surface area contributed by atoms with Crippen molar-refractivity contribution < 1.29 is 29.3 Å². The first-order chi connectivity index (χ1) is 16.9. The number of likely N-dealkylation sites (tertiary alicyclic amines) is 1. The molecule has 1 heterocycles. The summed E-state index contributed by atoms with van der Waals surface area (Å²) >= 11 is 0. The fraction of sp³-hybridized carbons (Fsp3) is 0.333. The Morgan fingerprint density at radius 2 is 1.83 bits per heavy atom. The Hall–Kier alpha value is -3.78. The lowest BCUT2D eigenvalue weighted by Crippen LogP contribution is -2.38. The van der Waals surface area contributed by atoms with E-state index in [1.54, 1.807) is 42.5 Å². The highest BCUT2D eigenvalue weighted by Gasteiger charge is 2.46. The summed E-state index contributed by atoms with van der Waals surface area (Å²) in [6, 6.07) is 10.4. The molecule has 35 heavy (non-hydrogen) atoms. The van der Waals surface area contributed by atoms with Crippen LogP contribution in [0.5, 0.6) is 17.2 Å². The molecule has 186 valence electrons. The highest BCUT2D eigenvalue weighted by Crippen LogP contribution is 2.41. The number of phenols is 1. The van der Waals surface area contributed by atoms with Crippen molar-refractivity contribution in [1.29, 1.82) is 0 Å². The van der Waals surface area contributed by atoms with Crippen LogP contribution < -0.4 is 9.47 Å². The van der Waals surface area contributed by atoms with Crippen molar-refractivity contribution in [3.05, 3.63) is 71.8 Å². The zero-order chi connectivity index (χ0) is 25.5. The number of amides is 1. The molecule has 1 fully saturated rings. The summed E-state index contributed by atoms with van der Waals surface area (Å²) in [6.07, 6.45) is 1.62. The highest BCUT2D eigenvalue weighted by atomic mass is 16.5. The predicted molar refractivity (Wildman–Crippen MR) is 134 cm³/mol. The number of likely N-dealkylation sites (N-methyl/N-ethyl adjacent to an activating group) is 1. The molecule has 8 nitrogen and oxygen atoms in total. The van der Waals surface area contributed by atoms with Crippen LogP contribution in [0.15, 0.2) is 60.7 Å². The van der Waals surface area contributed by atoms with Gasteiger partial charge >= 0.3 is 0 Å². The van der Waals surface area contributed by atoms with E-state index >= 15 is 0 Å². The first kappa shape index (κ1) is 25.8. The van der Waals surface area contributed by atoms with E-state index in [2.05, 4.69) is 11.5 Å². The van der Waals surface area contributed by atoms with Gasteiger partial charge in [0.1, 0.15) is 18.1 Å². The Balaban J connectivity index is 2.08. The largest absolute Gasteiger partial charge is 0.507 e. The van der Waals surface area contributed by atoms with E-state index in [9.17, 15) is 19.8 Å². The van der Waals surface area contributed by atoms with Crippen LogP contribution in [0.4, 0.5) is 0 Å². The van der Waals surface area contributed by atoms with E-state index in [0.717, 1.165) is 13.1 Å². The number of nitrogens with zero attached hydrogens (tertiary/aromatic N) is 2. The van der Waals surface area contributed by atoms with Crippen LogP contribution >= 0.6 is 0 Å². The summed E-state index contributed by atoms with van der Waals surface area (Å²) in [5, 5.41) is 21.3. The monoisotopic (exact) mass is 480 g/mol. The smallest absolute Gasteiger partial charge is 0.295 e. The lowest BCUT2D eigenvalue weighted by atomic mass is 9.95. The molecule has 0 aromatic heterocycles. The minimum absolute atomic E-state index is 0.0120. The highest BCUT2D eigenvalue weighted by molar-refractivity contribution is 6.46. The van der Waals surface area contributed by atoms with E-state index in [1.807, 2.05) is 13.8 Å². The zero-order valence-electron chi connectivity index (χ0n) is 20.4. The Morgan fingerprint density at radius 3 is 2.43 bits per heavy atom. The molecule has 3 rings (SSSR count). The number of Topliss-reactive ketones (excluding diaryl/α,β-unsaturated/α-hetero) is 1. The van der Waals surface area contributed by atoms with Crippen molar-refractivity contribution in [2.24, 2.45) is 0 Å². The number of phenolic OH excluding ortho intramolecular Hbond substituents is 1. The summed E-state index contributed by atoms with van der Waals surface area (Å²) < 4.78 is 10.7. The number of aliphatic hydroxyl groups is 1. The molecule has 2 N–H and O–H groups in total. The molecule has 1 aliphatic rings. The van der Waals surface area contributed by atoms with Crippen molar-refractivity contribution >= 4 is 17.4 Å². The van der Waals surface area contributed by atoms with Gasteiger partial charge in [-0.05, 0) is 55.1 Å². The molecular weight excluding hydrogens is 448 g/mol. The van der Waals surface area contributed by atoms with Crippen molar-refractivity contribution in [2.45, 2.75) is 19.9 Å². The number of ether oxygens (including phenoxy) is 2. The number of hydrogen-bond donors (Lipinski definition) is 2. The molecule has 1 saturated heterocycles. The normalized spacial score (nSPS) is 17.1. The lowest BCUT2D eigenvalue weighted by molar-refractivity contribution is -0.140. The van der Waals surface area contributed by atoms with Crippen molar-refractivity contribution in [3.8, 4) is 17.2 Å². The molecule has 0 saturated carbocycles. The third kappa shape index (κ3) is 5.49.